The van der Waals surface area contributed by atoms with Crippen molar-refractivity contribution in [2.75, 3.05) is 6.54 Å². The van der Waals surface area contributed by atoms with Crippen LogP contribution in [0.4, 0.5) is 0 Å². The molecule has 0 bridgehead atoms. The third-order valence-corrected chi connectivity index (χ3v) is 5.48. The molecule has 0 unspecified atom stereocenters. The fraction of sp³-hybridized carbons (Fsp3) is 0.571. The summed E-state index contributed by atoms with van der Waals surface area (Å²) in [6.45, 7) is 5.50. The summed E-state index contributed by atoms with van der Waals surface area (Å²) in [5.41, 5.74) is 0.804. The summed E-state index contributed by atoms with van der Waals surface area (Å²) in [6, 6.07) is 4.92. The van der Waals surface area contributed by atoms with Crippen molar-refractivity contribution in [1.82, 2.24) is 10.0 Å². The first-order valence-electron chi connectivity index (χ1n) is 6.94. The van der Waals surface area contributed by atoms with Crippen molar-refractivity contribution in [2.45, 2.75) is 44.2 Å². The highest BCUT2D eigenvalue weighted by atomic mass is 35.5. The molecule has 0 heterocycles. The van der Waals surface area contributed by atoms with Gasteiger partial charge >= 0.3 is 0 Å². The van der Waals surface area contributed by atoms with Gasteiger partial charge < -0.3 is 5.32 Å². The van der Waals surface area contributed by atoms with E-state index in [0.717, 1.165) is 24.9 Å². The molecule has 20 heavy (non-hydrogen) atoms. The van der Waals surface area contributed by atoms with Crippen molar-refractivity contribution < 1.29 is 8.42 Å². The van der Waals surface area contributed by atoms with Crippen molar-refractivity contribution in [2.24, 2.45) is 5.92 Å². The molecule has 1 aromatic carbocycles. The molecule has 4 nitrogen and oxygen atoms in total. The Balaban J connectivity index is 2.14. The highest BCUT2D eigenvalue weighted by Crippen LogP contribution is 2.28. The summed E-state index contributed by atoms with van der Waals surface area (Å²) in [5.74, 6) is 0.609. The molecular formula is C14H21ClN2O2S. The van der Waals surface area contributed by atoms with Crippen LogP contribution >= 0.6 is 11.6 Å². The van der Waals surface area contributed by atoms with E-state index in [2.05, 4.69) is 17.0 Å². The van der Waals surface area contributed by atoms with Crippen molar-refractivity contribution in [3.05, 3.63) is 28.8 Å². The van der Waals surface area contributed by atoms with Crippen molar-refractivity contribution in [3.63, 3.8) is 0 Å². The Hall–Kier alpha value is -0.620. The Morgan fingerprint density at radius 3 is 2.65 bits per heavy atom. The van der Waals surface area contributed by atoms with Crippen LogP contribution < -0.4 is 10.0 Å². The Labute approximate surface area is 126 Å². The first-order valence-corrected chi connectivity index (χ1v) is 8.80. The maximum absolute atomic E-state index is 12.3. The minimum absolute atomic E-state index is 0.0721. The van der Waals surface area contributed by atoms with Crippen LogP contribution in [0.3, 0.4) is 0 Å². The molecule has 2 N–H and O–H groups in total. The lowest BCUT2D eigenvalue weighted by Crippen LogP contribution is -2.43. The van der Waals surface area contributed by atoms with Crippen molar-refractivity contribution >= 4 is 21.6 Å². The van der Waals surface area contributed by atoms with Crippen LogP contribution in [-0.2, 0) is 16.6 Å². The van der Waals surface area contributed by atoms with Crippen LogP contribution in [0.2, 0.25) is 5.02 Å². The highest BCUT2D eigenvalue weighted by Gasteiger charge is 2.29. The van der Waals surface area contributed by atoms with Gasteiger partial charge in [-0.25, -0.2) is 13.1 Å². The van der Waals surface area contributed by atoms with E-state index in [4.69, 9.17) is 11.6 Å². The maximum Gasteiger partial charge on any atom is 0.240 e. The van der Waals surface area contributed by atoms with Gasteiger partial charge in [-0.05, 0) is 49.1 Å². The predicted molar refractivity (Wildman–Crippen MR) is 81.3 cm³/mol. The topological polar surface area (TPSA) is 58.2 Å². The SMILES string of the molecule is CCNCc1cc(S(=O)(=O)NC2CC(C)C2)ccc1Cl. The predicted octanol–water partition coefficient (Wildman–Crippen LogP) is 2.53. The fourth-order valence-corrected chi connectivity index (χ4v) is 3.90. The average molecular weight is 317 g/mol. The monoisotopic (exact) mass is 316 g/mol. The van der Waals surface area contributed by atoms with Gasteiger partial charge in [-0.2, -0.15) is 0 Å². The number of halogens is 1. The molecule has 0 spiro atoms. The number of benzene rings is 1. The third-order valence-electron chi connectivity index (χ3n) is 3.59. The van der Waals surface area contributed by atoms with Crippen LogP contribution in [0.1, 0.15) is 32.3 Å². The van der Waals surface area contributed by atoms with E-state index >= 15 is 0 Å². The summed E-state index contributed by atoms with van der Waals surface area (Å²) >= 11 is 6.09. The highest BCUT2D eigenvalue weighted by molar-refractivity contribution is 7.89. The van der Waals surface area contributed by atoms with Crippen LogP contribution in [0, 0.1) is 5.92 Å². The second kappa shape index (κ2) is 6.43. The number of rotatable bonds is 6. The number of hydrogen-bond donors (Lipinski definition) is 2. The molecule has 1 aliphatic carbocycles. The van der Waals surface area contributed by atoms with Gasteiger partial charge in [-0.1, -0.05) is 25.4 Å². The molecule has 112 valence electrons. The second-order valence-electron chi connectivity index (χ2n) is 5.43. The molecule has 2 rings (SSSR count). The van der Waals surface area contributed by atoms with Crippen LogP contribution in [0.5, 0.6) is 0 Å². The average Bonchev–Trinajstić information content (AvgIpc) is 2.35. The smallest absolute Gasteiger partial charge is 0.240 e. The zero-order valence-corrected chi connectivity index (χ0v) is 13.4. The number of hydrogen-bond acceptors (Lipinski definition) is 3. The van der Waals surface area contributed by atoms with E-state index in [1.165, 1.54) is 0 Å². The largest absolute Gasteiger partial charge is 0.313 e. The van der Waals surface area contributed by atoms with E-state index in [1.54, 1.807) is 18.2 Å². The first-order chi connectivity index (χ1) is 9.42. The van der Waals surface area contributed by atoms with Gasteiger partial charge in [0.2, 0.25) is 10.0 Å². The van der Waals surface area contributed by atoms with Gasteiger partial charge in [0.1, 0.15) is 0 Å². The molecule has 1 aliphatic rings. The van der Waals surface area contributed by atoms with E-state index in [0.29, 0.717) is 17.5 Å². The van der Waals surface area contributed by atoms with Gasteiger partial charge in [-0.3, -0.25) is 0 Å². The van der Waals surface area contributed by atoms with Gasteiger partial charge in [0.15, 0.2) is 0 Å². The van der Waals surface area contributed by atoms with E-state index < -0.39 is 10.0 Å². The lowest BCUT2D eigenvalue weighted by atomic mass is 9.83. The van der Waals surface area contributed by atoms with Gasteiger partial charge in [0.05, 0.1) is 4.90 Å². The summed E-state index contributed by atoms with van der Waals surface area (Å²) in [6.07, 6.45) is 1.83. The van der Waals surface area contributed by atoms with Crippen LogP contribution in [0.15, 0.2) is 23.1 Å². The molecule has 1 saturated carbocycles. The molecule has 6 heteroatoms. The van der Waals surface area contributed by atoms with E-state index in [1.807, 2.05) is 6.92 Å². The van der Waals surface area contributed by atoms with Crippen LogP contribution in [-0.4, -0.2) is 21.0 Å². The minimum atomic E-state index is -3.44. The molecule has 0 atom stereocenters. The summed E-state index contributed by atoms with van der Waals surface area (Å²) in [4.78, 5) is 0.286. The lowest BCUT2D eigenvalue weighted by molar-refractivity contribution is 0.270. The Morgan fingerprint density at radius 1 is 1.35 bits per heavy atom. The van der Waals surface area contributed by atoms with Gasteiger partial charge in [0, 0.05) is 17.6 Å². The molecule has 0 amide bonds. The van der Waals surface area contributed by atoms with Crippen molar-refractivity contribution in [3.8, 4) is 0 Å². The Morgan fingerprint density at radius 2 is 2.05 bits per heavy atom. The fourth-order valence-electron chi connectivity index (χ4n) is 2.40. The molecule has 0 aromatic heterocycles. The molecule has 1 fully saturated rings. The first kappa shape index (κ1) is 15.8. The summed E-state index contributed by atoms with van der Waals surface area (Å²) < 4.78 is 27.4. The number of nitrogens with one attached hydrogen (secondary N) is 2. The quantitative estimate of drug-likeness (QED) is 0.848. The second-order valence-corrected chi connectivity index (χ2v) is 7.55. The zero-order chi connectivity index (χ0) is 14.8. The number of sulfonamides is 1. The van der Waals surface area contributed by atoms with Gasteiger partial charge in [0.25, 0.3) is 0 Å². The molecule has 1 aromatic rings. The standard InChI is InChI=1S/C14H21ClN2O2S/c1-3-16-9-11-8-13(4-5-14(11)15)20(18,19)17-12-6-10(2)7-12/h4-5,8,10,12,16-17H,3,6-7,9H2,1-2H3. The molecule has 0 aliphatic heterocycles. The zero-order valence-electron chi connectivity index (χ0n) is 11.8. The molecule has 0 radical (unpaired) electrons. The Bertz CT molecular complexity index is 569. The third kappa shape index (κ3) is 3.73. The van der Waals surface area contributed by atoms with Crippen LogP contribution in [0.25, 0.3) is 0 Å². The van der Waals surface area contributed by atoms with E-state index in [-0.39, 0.29) is 10.9 Å². The lowest BCUT2D eigenvalue weighted by Gasteiger charge is -2.32. The Kier molecular flexibility index (Phi) is 5.07. The van der Waals surface area contributed by atoms with Gasteiger partial charge in [-0.15, -0.1) is 0 Å². The van der Waals surface area contributed by atoms with Crippen molar-refractivity contribution in [1.29, 1.82) is 0 Å². The molecule has 0 saturated heterocycles. The molecular weight excluding hydrogens is 296 g/mol. The maximum atomic E-state index is 12.3. The normalized spacial score (nSPS) is 22.6. The minimum Gasteiger partial charge on any atom is -0.313 e. The van der Waals surface area contributed by atoms with E-state index in [9.17, 15) is 8.42 Å². The summed E-state index contributed by atoms with van der Waals surface area (Å²) in [7, 11) is -3.44. The summed E-state index contributed by atoms with van der Waals surface area (Å²) in [5, 5.41) is 3.74.